The minimum atomic E-state index is -4.56. The minimum Gasteiger partial charge on any atom is -0.455 e. The molecule has 1 amide bonds. The van der Waals surface area contributed by atoms with Crippen molar-refractivity contribution in [3.63, 3.8) is 0 Å². The Balaban J connectivity index is 0.00000261. The number of alkyl halides is 3. The van der Waals surface area contributed by atoms with Gasteiger partial charge in [-0.05, 0) is 37.1 Å². The van der Waals surface area contributed by atoms with Crippen molar-refractivity contribution in [3.8, 4) is 0 Å². The van der Waals surface area contributed by atoms with Crippen molar-refractivity contribution in [2.75, 3.05) is 5.32 Å². The van der Waals surface area contributed by atoms with Gasteiger partial charge in [-0.1, -0.05) is 0 Å². The van der Waals surface area contributed by atoms with E-state index in [1.807, 2.05) is 0 Å². The van der Waals surface area contributed by atoms with Crippen LogP contribution >= 0.6 is 12.4 Å². The molecule has 1 heterocycles. The molecule has 5 nitrogen and oxygen atoms in total. The van der Waals surface area contributed by atoms with E-state index < -0.39 is 17.6 Å². The Bertz CT molecular complexity index is 891. The zero-order valence-corrected chi connectivity index (χ0v) is 15.2. The summed E-state index contributed by atoms with van der Waals surface area (Å²) in [6.45, 7) is 1.49. The van der Waals surface area contributed by atoms with Crippen molar-refractivity contribution >= 4 is 29.8 Å². The van der Waals surface area contributed by atoms with E-state index in [0.717, 1.165) is 12.1 Å². The van der Waals surface area contributed by atoms with E-state index in [0.29, 0.717) is 36.1 Å². The number of carbonyl (C=O) groups is 2. The highest BCUT2D eigenvalue weighted by Crippen LogP contribution is 2.33. The Morgan fingerprint density at radius 2 is 1.96 bits per heavy atom. The summed E-state index contributed by atoms with van der Waals surface area (Å²) in [6.07, 6.45) is -2.97. The standard InChI is InChI=1S/C18H17F3N2O3.ClH/c1-9-15-13(24)3-2-4-14(15)26-16(9)17(25)23-12-6-10(8-22)5-11(7-12)18(19,20)21;/h5-7H,2-4,8,22H2,1H3,(H,23,25);1H. The minimum absolute atomic E-state index is 0. The predicted molar refractivity (Wildman–Crippen MR) is 95.3 cm³/mol. The number of anilines is 1. The zero-order chi connectivity index (χ0) is 19.1. The number of hydrogen-bond donors (Lipinski definition) is 2. The van der Waals surface area contributed by atoms with Gasteiger partial charge in [-0.25, -0.2) is 0 Å². The average molecular weight is 403 g/mol. The van der Waals surface area contributed by atoms with E-state index in [4.69, 9.17) is 10.2 Å². The molecular formula is C18H18ClF3N2O3. The van der Waals surface area contributed by atoms with Gasteiger partial charge < -0.3 is 15.5 Å². The van der Waals surface area contributed by atoms with Crippen LogP contribution in [0.5, 0.6) is 0 Å². The first-order valence-electron chi connectivity index (χ1n) is 8.08. The number of rotatable bonds is 3. The molecule has 0 saturated carbocycles. The molecule has 0 fully saturated rings. The summed E-state index contributed by atoms with van der Waals surface area (Å²) in [5, 5.41) is 2.41. The number of furan rings is 1. The number of ketones is 1. The molecule has 2 aromatic rings. The lowest BCUT2D eigenvalue weighted by molar-refractivity contribution is -0.137. The summed E-state index contributed by atoms with van der Waals surface area (Å²) in [5.41, 5.74) is 5.56. The Labute approximate surface area is 159 Å². The molecule has 0 saturated heterocycles. The topological polar surface area (TPSA) is 85.3 Å². The number of fused-ring (bicyclic) bond motifs is 1. The second kappa shape index (κ2) is 7.74. The molecule has 1 aromatic carbocycles. The molecule has 0 radical (unpaired) electrons. The van der Waals surface area contributed by atoms with E-state index in [2.05, 4.69) is 5.32 Å². The van der Waals surface area contributed by atoms with Crippen LogP contribution in [0.2, 0.25) is 0 Å². The van der Waals surface area contributed by atoms with Gasteiger partial charge in [0.2, 0.25) is 0 Å². The molecule has 1 aliphatic rings. The second-order valence-corrected chi connectivity index (χ2v) is 6.21. The van der Waals surface area contributed by atoms with Crippen molar-refractivity contribution in [1.82, 2.24) is 0 Å². The van der Waals surface area contributed by atoms with Crippen molar-refractivity contribution in [3.05, 3.63) is 52.0 Å². The smallest absolute Gasteiger partial charge is 0.416 e. The molecule has 3 N–H and O–H groups in total. The highest BCUT2D eigenvalue weighted by molar-refractivity contribution is 6.07. The van der Waals surface area contributed by atoms with Gasteiger partial charge in [-0.3, -0.25) is 9.59 Å². The first kappa shape index (κ1) is 21.0. The number of hydrogen-bond acceptors (Lipinski definition) is 4. The maximum Gasteiger partial charge on any atom is 0.416 e. The fraction of sp³-hybridized carbons (Fsp3) is 0.333. The van der Waals surface area contributed by atoms with Crippen molar-refractivity contribution in [1.29, 1.82) is 0 Å². The summed E-state index contributed by atoms with van der Waals surface area (Å²) in [6, 6.07) is 3.14. The van der Waals surface area contributed by atoms with E-state index in [1.165, 1.54) is 6.07 Å². The number of carbonyl (C=O) groups excluding carboxylic acids is 2. The van der Waals surface area contributed by atoms with Gasteiger partial charge in [-0.15, -0.1) is 12.4 Å². The van der Waals surface area contributed by atoms with E-state index in [1.54, 1.807) is 6.92 Å². The lowest BCUT2D eigenvalue weighted by atomic mass is 9.94. The third-order valence-electron chi connectivity index (χ3n) is 4.33. The lowest BCUT2D eigenvalue weighted by Crippen LogP contribution is -2.15. The first-order chi connectivity index (χ1) is 12.2. The van der Waals surface area contributed by atoms with Crippen molar-refractivity contribution in [2.24, 2.45) is 5.73 Å². The fourth-order valence-corrected chi connectivity index (χ4v) is 3.10. The summed E-state index contributed by atoms with van der Waals surface area (Å²) >= 11 is 0. The molecule has 0 unspecified atom stereocenters. The average Bonchev–Trinajstić information content (AvgIpc) is 2.92. The van der Waals surface area contributed by atoms with Crippen LogP contribution in [0.25, 0.3) is 0 Å². The molecule has 0 spiro atoms. The van der Waals surface area contributed by atoms with Crippen LogP contribution in [-0.2, 0) is 19.1 Å². The Kier molecular flexibility index (Phi) is 6.01. The van der Waals surface area contributed by atoms with Gasteiger partial charge in [0.25, 0.3) is 5.91 Å². The third kappa shape index (κ3) is 4.17. The fourth-order valence-electron chi connectivity index (χ4n) is 3.10. The van der Waals surface area contributed by atoms with Crippen LogP contribution in [0.15, 0.2) is 22.6 Å². The number of amides is 1. The van der Waals surface area contributed by atoms with Crippen LogP contribution in [0, 0.1) is 6.92 Å². The molecule has 0 bridgehead atoms. The van der Waals surface area contributed by atoms with Gasteiger partial charge in [0, 0.05) is 30.6 Å². The van der Waals surface area contributed by atoms with E-state index in [9.17, 15) is 22.8 Å². The molecule has 0 atom stereocenters. The van der Waals surface area contributed by atoms with Gasteiger partial charge in [0.1, 0.15) is 5.76 Å². The highest BCUT2D eigenvalue weighted by atomic mass is 35.5. The summed E-state index contributed by atoms with van der Waals surface area (Å²) in [5.74, 6) is -0.393. The number of Topliss-reactive ketones (excluding diaryl/α,β-unsaturated/α-hetero) is 1. The number of nitrogens with two attached hydrogens (primary N) is 1. The Hall–Kier alpha value is -2.32. The molecular weight excluding hydrogens is 385 g/mol. The van der Waals surface area contributed by atoms with Gasteiger partial charge in [0.15, 0.2) is 11.5 Å². The maximum atomic E-state index is 13.0. The van der Waals surface area contributed by atoms with Gasteiger partial charge in [0.05, 0.1) is 11.1 Å². The molecule has 146 valence electrons. The quantitative estimate of drug-likeness (QED) is 0.803. The largest absolute Gasteiger partial charge is 0.455 e. The summed E-state index contributed by atoms with van der Waals surface area (Å²) in [7, 11) is 0. The van der Waals surface area contributed by atoms with Crippen LogP contribution in [0.1, 0.15) is 56.2 Å². The Morgan fingerprint density at radius 3 is 2.56 bits per heavy atom. The van der Waals surface area contributed by atoms with E-state index in [-0.39, 0.29) is 41.7 Å². The number of halogens is 4. The van der Waals surface area contributed by atoms with Gasteiger partial charge >= 0.3 is 6.18 Å². The molecule has 0 aliphatic heterocycles. The molecule has 1 aromatic heterocycles. The van der Waals surface area contributed by atoms with Crippen LogP contribution < -0.4 is 11.1 Å². The third-order valence-corrected chi connectivity index (χ3v) is 4.33. The van der Waals surface area contributed by atoms with Gasteiger partial charge in [-0.2, -0.15) is 13.2 Å². The second-order valence-electron chi connectivity index (χ2n) is 6.21. The van der Waals surface area contributed by atoms with Crippen LogP contribution in [-0.4, -0.2) is 11.7 Å². The van der Waals surface area contributed by atoms with Crippen molar-refractivity contribution in [2.45, 2.75) is 38.9 Å². The number of benzene rings is 1. The lowest BCUT2D eigenvalue weighted by Gasteiger charge is -2.12. The summed E-state index contributed by atoms with van der Waals surface area (Å²) in [4.78, 5) is 24.5. The molecule has 3 rings (SSSR count). The van der Waals surface area contributed by atoms with Crippen LogP contribution in [0.3, 0.4) is 0 Å². The van der Waals surface area contributed by atoms with Crippen molar-refractivity contribution < 1.29 is 27.2 Å². The molecule has 1 aliphatic carbocycles. The number of aryl methyl sites for hydroxylation is 1. The molecule has 27 heavy (non-hydrogen) atoms. The number of nitrogens with one attached hydrogen (secondary N) is 1. The first-order valence-corrected chi connectivity index (χ1v) is 8.08. The normalized spacial score (nSPS) is 13.7. The zero-order valence-electron chi connectivity index (χ0n) is 14.4. The predicted octanol–water partition coefficient (Wildman–Crippen LogP) is 4.26. The summed E-state index contributed by atoms with van der Waals surface area (Å²) < 4.78 is 44.5. The SMILES string of the molecule is Cc1c(C(=O)Nc2cc(CN)cc(C(F)(F)F)c2)oc2c1C(=O)CCC2.Cl. The Morgan fingerprint density at radius 1 is 1.26 bits per heavy atom. The maximum absolute atomic E-state index is 13.0. The van der Waals surface area contributed by atoms with Crippen LogP contribution in [0.4, 0.5) is 18.9 Å². The van der Waals surface area contributed by atoms with E-state index >= 15 is 0 Å². The monoisotopic (exact) mass is 402 g/mol. The molecule has 9 heteroatoms. The highest BCUT2D eigenvalue weighted by Gasteiger charge is 2.32.